The molecule has 3 aromatic rings. The van der Waals surface area contributed by atoms with E-state index in [1.165, 1.54) is 6.21 Å². The highest BCUT2D eigenvalue weighted by Gasteiger charge is 2.07. The van der Waals surface area contributed by atoms with Crippen LogP contribution in [0.2, 0.25) is 0 Å². The van der Waals surface area contributed by atoms with Gasteiger partial charge in [0.05, 0.1) is 10.7 Å². The van der Waals surface area contributed by atoms with Gasteiger partial charge in [0.25, 0.3) is 5.91 Å². The molecule has 1 amide bonds. The van der Waals surface area contributed by atoms with Crippen molar-refractivity contribution in [3.8, 4) is 11.4 Å². The molecular weight excluding hydrogens is 394 g/mol. The fourth-order valence-corrected chi connectivity index (χ4v) is 3.07. The van der Waals surface area contributed by atoms with Crippen molar-refractivity contribution in [1.29, 1.82) is 0 Å². The Balaban J connectivity index is 1.68. The predicted octanol–water partition coefficient (Wildman–Crippen LogP) is 4.33. The van der Waals surface area contributed by atoms with Gasteiger partial charge in [0.1, 0.15) is 5.75 Å². The SMILES string of the molecule is Cc1ccc(C)n1-c1ccc(C(=O)N/N=C\c2ccc(O)c(Br)c2)cc1. The lowest BCUT2D eigenvalue weighted by molar-refractivity contribution is 0.0955. The van der Waals surface area contributed by atoms with Crippen molar-refractivity contribution in [3.63, 3.8) is 0 Å². The largest absolute Gasteiger partial charge is 0.507 e. The Kier molecular flexibility index (Phi) is 5.23. The lowest BCUT2D eigenvalue weighted by Crippen LogP contribution is -2.17. The average Bonchev–Trinajstić information content (AvgIpc) is 2.96. The molecule has 3 rings (SSSR count). The highest BCUT2D eigenvalue weighted by molar-refractivity contribution is 9.10. The van der Waals surface area contributed by atoms with Crippen molar-refractivity contribution < 1.29 is 9.90 Å². The van der Waals surface area contributed by atoms with Crippen LogP contribution in [0.5, 0.6) is 5.75 Å². The van der Waals surface area contributed by atoms with Gasteiger partial charge in [-0.15, -0.1) is 0 Å². The summed E-state index contributed by atoms with van der Waals surface area (Å²) in [5, 5.41) is 13.4. The normalized spacial score (nSPS) is 11.0. The molecule has 0 aliphatic rings. The number of carbonyl (C=O) groups excluding carboxylic acids is 1. The number of aryl methyl sites for hydroxylation is 2. The van der Waals surface area contributed by atoms with Crippen LogP contribution in [-0.2, 0) is 0 Å². The maximum Gasteiger partial charge on any atom is 0.271 e. The molecule has 26 heavy (non-hydrogen) atoms. The van der Waals surface area contributed by atoms with Crippen molar-refractivity contribution in [2.45, 2.75) is 13.8 Å². The molecule has 0 spiro atoms. The first-order chi connectivity index (χ1) is 12.5. The van der Waals surface area contributed by atoms with E-state index >= 15 is 0 Å². The summed E-state index contributed by atoms with van der Waals surface area (Å²) in [6.45, 7) is 4.09. The number of rotatable bonds is 4. The molecule has 0 aliphatic heterocycles. The van der Waals surface area contributed by atoms with Crippen molar-refractivity contribution in [2.24, 2.45) is 5.10 Å². The minimum Gasteiger partial charge on any atom is -0.507 e. The van der Waals surface area contributed by atoms with Crippen molar-refractivity contribution in [3.05, 3.63) is 81.6 Å². The van der Waals surface area contributed by atoms with Crippen molar-refractivity contribution in [1.82, 2.24) is 9.99 Å². The van der Waals surface area contributed by atoms with Crippen LogP contribution in [0.3, 0.4) is 0 Å². The van der Waals surface area contributed by atoms with E-state index in [-0.39, 0.29) is 11.7 Å². The molecule has 6 heteroatoms. The van der Waals surface area contributed by atoms with Crippen LogP contribution in [0.15, 0.2) is 64.2 Å². The quantitative estimate of drug-likeness (QED) is 0.495. The Labute approximate surface area is 160 Å². The van der Waals surface area contributed by atoms with Gasteiger partial charge in [-0.2, -0.15) is 5.10 Å². The summed E-state index contributed by atoms with van der Waals surface area (Å²) in [6.07, 6.45) is 1.52. The Morgan fingerprint density at radius 2 is 1.73 bits per heavy atom. The van der Waals surface area contributed by atoms with E-state index in [0.717, 1.165) is 22.6 Å². The van der Waals surface area contributed by atoms with Crippen LogP contribution in [0.25, 0.3) is 5.69 Å². The number of hydrazone groups is 1. The summed E-state index contributed by atoms with van der Waals surface area (Å²) in [7, 11) is 0. The molecule has 132 valence electrons. The highest BCUT2D eigenvalue weighted by atomic mass is 79.9. The summed E-state index contributed by atoms with van der Waals surface area (Å²) in [6, 6.07) is 16.5. The Morgan fingerprint density at radius 1 is 1.08 bits per heavy atom. The molecular formula is C20H18BrN3O2. The molecule has 1 aromatic heterocycles. The third kappa shape index (κ3) is 3.86. The summed E-state index contributed by atoms with van der Waals surface area (Å²) < 4.78 is 2.70. The minimum atomic E-state index is -0.286. The molecule has 2 N–H and O–H groups in total. The van der Waals surface area contributed by atoms with Crippen LogP contribution in [-0.4, -0.2) is 21.8 Å². The van der Waals surface area contributed by atoms with Crippen LogP contribution < -0.4 is 5.43 Å². The first-order valence-electron chi connectivity index (χ1n) is 8.03. The third-order valence-corrected chi connectivity index (χ3v) is 4.65. The second-order valence-corrected chi connectivity index (χ2v) is 6.76. The van der Waals surface area contributed by atoms with Gasteiger partial charge >= 0.3 is 0 Å². The molecule has 0 fully saturated rings. The van der Waals surface area contributed by atoms with E-state index in [4.69, 9.17) is 0 Å². The van der Waals surface area contributed by atoms with Gasteiger partial charge in [-0.05, 0) is 89.9 Å². The lowest BCUT2D eigenvalue weighted by Gasteiger charge is -2.10. The van der Waals surface area contributed by atoms with Gasteiger partial charge < -0.3 is 9.67 Å². The van der Waals surface area contributed by atoms with E-state index in [0.29, 0.717) is 10.0 Å². The lowest BCUT2D eigenvalue weighted by atomic mass is 10.2. The molecule has 0 aliphatic carbocycles. The molecule has 0 bridgehead atoms. The van der Waals surface area contributed by atoms with Gasteiger partial charge in [0.15, 0.2) is 0 Å². The Bertz CT molecular complexity index is 956. The average molecular weight is 412 g/mol. The number of phenols is 1. The second kappa shape index (κ2) is 7.58. The number of nitrogens with zero attached hydrogens (tertiary/aromatic N) is 2. The molecule has 0 saturated carbocycles. The molecule has 0 atom stereocenters. The second-order valence-electron chi connectivity index (χ2n) is 5.91. The van der Waals surface area contributed by atoms with E-state index in [1.807, 2.05) is 26.0 Å². The van der Waals surface area contributed by atoms with Crippen LogP contribution in [0.1, 0.15) is 27.3 Å². The maximum atomic E-state index is 12.2. The predicted molar refractivity (Wildman–Crippen MR) is 106 cm³/mol. The first-order valence-corrected chi connectivity index (χ1v) is 8.82. The summed E-state index contributed by atoms with van der Waals surface area (Å²) >= 11 is 3.24. The Morgan fingerprint density at radius 3 is 2.35 bits per heavy atom. The number of benzene rings is 2. The van der Waals surface area contributed by atoms with Crippen LogP contribution in [0.4, 0.5) is 0 Å². The highest BCUT2D eigenvalue weighted by Crippen LogP contribution is 2.23. The number of aromatic nitrogens is 1. The third-order valence-electron chi connectivity index (χ3n) is 4.01. The monoisotopic (exact) mass is 411 g/mol. The smallest absolute Gasteiger partial charge is 0.271 e. The number of aromatic hydroxyl groups is 1. The zero-order chi connectivity index (χ0) is 18.7. The van der Waals surface area contributed by atoms with Crippen LogP contribution >= 0.6 is 15.9 Å². The van der Waals surface area contributed by atoms with E-state index in [2.05, 4.69) is 43.2 Å². The number of halogens is 1. The molecule has 2 aromatic carbocycles. The summed E-state index contributed by atoms with van der Waals surface area (Å²) in [5.41, 5.74) is 7.08. The molecule has 0 unspecified atom stereocenters. The molecule has 0 saturated heterocycles. The fraction of sp³-hybridized carbons (Fsp3) is 0.100. The first kappa shape index (κ1) is 17.9. The summed E-state index contributed by atoms with van der Waals surface area (Å²) in [4.78, 5) is 12.2. The van der Waals surface area contributed by atoms with E-state index < -0.39 is 0 Å². The number of hydrogen-bond acceptors (Lipinski definition) is 3. The number of amides is 1. The molecule has 5 nitrogen and oxygen atoms in total. The van der Waals surface area contributed by atoms with E-state index in [1.54, 1.807) is 30.3 Å². The van der Waals surface area contributed by atoms with Gasteiger partial charge in [-0.3, -0.25) is 4.79 Å². The number of phenolic OH excluding ortho intramolecular Hbond substituents is 1. The fourth-order valence-electron chi connectivity index (χ4n) is 2.67. The number of nitrogens with one attached hydrogen (secondary N) is 1. The minimum absolute atomic E-state index is 0.152. The Hall–Kier alpha value is -2.86. The number of hydrogen-bond donors (Lipinski definition) is 2. The van der Waals surface area contributed by atoms with Gasteiger partial charge in [0, 0.05) is 22.6 Å². The van der Waals surface area contributed by atoms with Gasteiger partial charge in [-0.1, -0.05) is 0 Å². The maximum absolute atomic E-state index is 12.2. The molecule has 0 radical (unpaired) electrons. The van der Waals surface area contributed by atoms with Crippen molar-refractivity contribution >= 4 is 28.1 Å². The molecule has 1 heterocycles. The topological polar surface area (TPSA) is 66.6 Å². The summed E-state index contributed by atoms with van der Waals surface area (Å²) in [5.74, 6) is -0.133. The zero-order valence-corrected chi connectivity index (χ0v) is 16.0. The van der Waals surface area contributed by atoms with Crippen molar-refractivity contribution in [2.75, 3.05) is 0 Å². The van der Waals surface area contributed by atoms with Gasteiger partial charge in [-0.25, -0.2) is 5.43 Å². The standard InChI is InChI=1S/C20H18BrN3O2/c1-13-3-4-14(2)24(13)17-8-6-16(7-9-17)20(26)23-22-12-15-5-10-19(25)18(21)11-15/h3-12,25H,1-2H3,(H,23,26)/b22-12-. The van der Waals surface area contributed by atoms with Gasteiger partial charge in [0.2, 0.25) is 0 Å². The van der Waals surface area contributed by atoms with Crippen LogP contribution in [0, 0.1) is 13.8 Å². The number of carbonyl (C=O) groups is 1. The van der Waals surface area contributed by atoms with E-state index in [9.17, 15) is 9.90 Å². The zero-order valence-electron chi connectivity index (χ0n) is 14.4.